The van der Waals surface area contributed by atoms with Gasteiger partial charge in [0.1, 0.15) is 12.4 Å². The van der Waals surface area contributed by atoms with E-state index in [4.69, 9.17) is 4.74 Å². The van der Waals surface area contributed by atoms with Crippen LogP contribution in [0.25, 0.3) is 0 Å². The predicted molar refractivity (Wildman–Crippen MR) is 82.4 cm³/mol. The number of halogens is 1. The molecule has 0 spiro atoms. The number of hydrogen-bond donors (Lipinski definition) is 1. The molecule has 0 bridgehead atoms. The Morgan fingerprint density at radius 1 is 1.36 bits per heavy atom. The lowest BCUT2D eigenvalue weighted by Crippen LogP contribution is -2.50. The van der Waals surface area contributed by atoms with Crippen LogP contribution in [0.4, 0.5) is 10.2 Å². The molecular formula is C16H19FN4O. The molecule has 0 amide bonds. The third-order valence-corrected chi connectivity index (χ3v) is 3.73. The Bertz CT molecular complexity index is 637. The minimum absolute atomic E-state index is 0.141. The van der Waals surface area contributed by atoms with Crippen LogP contribution in [0.2, 0.25) is 0 Å². The molecule has 3 rings (SSSR count). The first-order chi connectivity index (χ1) is 10.7. The molecule has 1 aliphatic heterocycles. The average molecular weight is 302 g/mol. The Balaban J connectivity index is 1.70. The van der Waals surface area contributed by atoms with Crippen molar-refractivity contribution in [3.63, 3.8) is 0 Å². The van der Waals surface area contributed by atoms with Crippen molar-refractivity contribution >= 4 is 5.82 Å². The number of nitrogens with one attached hydrogen (secondary N) is 1. The van der Waals surface area contributed by atoms with Crippen molar-refractivity contribution in [1.82, 2.24) is 15.3 Å². The van der Waals surface area contributed by atoms with E-state index >= 15 is 0 Å². The molecule has 0 saturated carbocycles. The summed E-state index contributed by atoms with van der Waals surface area (Å²) in [4.78, 5) is 10.9. The first-order valence-corrected chi connectivity index (χ1v) is 7.39. The van der Waals surface area contributed by atoms with Crippen molar-refractivity contribution in [3.8, 4) is 5.88 Å². The van der Waals surface area contributed by atoms with Crippen LogP contribution in [0.3, 0.4) is 0 Å². The van der Waals surface area contributed by atoms with Gasteiger partial charge in [-0.3, -0.25) is 4.98 Å². The van der Waals surface area contributed by atoms with Crippen molar-refractivity contribution in [2.24, 2.45) is 0 Å². The number of anilines is 1. The Hall–Kier alpha value is -2.21. The standard InChI is InChI=1S/C16H19FN4O/c1-12-8-18-6-7-21(12)15-9-19-10-16(20-15)22-11-13-4-2-3-5-14(13)17/h2-5,9-10,12,18H,6-8,11H2,1H3/t12-/m1/s1. The van der Waals surface area contributed by atoms with Crippen LogP contribution >= 0.6 is 0 Å². The highest BCUT2D eigenvalue weighted by molar-refractivity contribution is 5.39. The number of rotatable bonds is 4. The van der Waals surface area contributed by atoms with Gasteiger partial charge < -0.3 is 15.0 Å². The van der Waals surface area contributed by atoms with Crippen LogP contribution in [0, 0.1) is 5.82 Å². The Kier molecular flexibility index (Phi) is 4.48. The molecule has 116 valence electrons. The minimum Gasteiger partial charge on any atom is -0.472 e. The fourth-order valence-corrected chi connectivity index (χ4v) is 2.49. The highest BCUT2D eigenvalue weighted by Crippen LogP contribution is 2.18. The topological polar surface area (TPSA) is 50.3 Å². The molecule has 0 unspecified atom stereocenters. The number of nitrogens with zero attached hydrogens (tertiary/aromatic N) is 3. The van der Waals surface area contributed by atoms with Gasteiger partial charge in [-0.25, -0.2) is 4.39 Å². The van der Waals surface area contributed by atoms with Gasteiger partial charge in [0, 0.05) is 31.2 Å². The summed E-state index contributed by atoms with van der Waals surface area (Å²) >= 11 is 0. The molecule has 0 radical (unpaired) electrons. The highest BCUT2D eigenvalue weighted by Gasteiger charge is 2.19. The van der Waals surface area contributed by atoms with Gasteiger partial charge in [-0.1, -0.05) is 18.2 Å². The van der Waals surface area contributed by atoms with Crippen molar-refractivity contribution in [1.29, 1.82) is 0 Å². The summed E-state index contributed by atoms with van der Waals surface area (Å²) in [5, 5.41) is 3.34. The van der Waals surface area contributed by atoms with Crippen molar-refractivity contribution < 1.29 is 9.13 Å². The van der Waals surface area contributed by atoms with Gasteiger partial charge >= 0.3 is 0 Å². The molecule has 1 aromatic carbocycles. The quantitative estimate of drug-likeness (QED) is 0.936. The normalized spacial score (nSPS) is 18.3. The third kappa shape index (κ3) is 3.33. The largest absolute Gasteiger partial charge is 0.472 e. The van der Waals surface area contributed by atoms with Crippen LogP contribution in [-0.4, -0.2) is 35.6 Å². The third-order valence-electron chi connectivity index (χ3n) is 3.73. The van der Waals surface area contributed by atoms with E-state index in [1.807, 2.05) is 0 Å². The fraction of sp³-hybridized carbons (Fsp3) is 0.375. The molecule has 1 fully saturated rings. The Labute approximate surface area is 129 Å². The van der Waals surface area contributed by atoms with E-state index in [1.165, 1.54) is 6.07 Å². The van der Waals surface area contributed by atoms with Gasteiger partial charge in [-0.2, -0.15) is 4.98 Å². The smallest absolute Gasteiger partial charge is 0.234 e. The maximum absolute atomic E-state index is 13.6. The molecular weight excluding hydrogens is 283 g/mol. The molecule has 2 aromatic rings. The molecule has 1 aromatic heterocycles. The predicted octanol–water partition coefficient (Wildman–Crippen LogP) is 1.99. The van der Waals surface area contributed by atoms with E-state index in [0.29, 0.717) is 17.5 Å². The van der Waals surface area contributed by atoms with Crippen molar-refractivity contribution in [2.45, 2.75) is 19.6 Å². The summed E-state index contributed by atoms with van der Waals surface area (Å²) in [5.74, 6) is 0.925. The van der Waals surface area contributed by atoms with Crippen LogP contribution in [0.15, 0.2) is 36.7 Å². The van der Waals surface area contributed by atoms with E-state index in [2.05, 4.69) is 27.1 Å². The minimum atomic E-state index is -0.276. The van der Waals surface area contributed by atoms with E-state index in [9.17, 15) is 4.39 Å². The summed E-state index contributed by atoms with van der Waals surface area (Å²) in [5.41, 5.74) is 0.505. The van der Waals surface area contributed by atoms with Crippen LogP contribution in [0.5, 0.6) is 5.88 Å². The second-order valence-electron chi connectivity index (χ2n) is 5.34. The molecule has 1 N–H and O–H groups in total. The van der Waals surface area contributed by atoms with Gasteiger partial charge in [0.15, 0.2) is 5.82 Å². The van der Waals surface area contributed by atoms with Gasteiger partial charge in [0.25, 0.3) is 0 Å². The Morgan fingerprint density at radius 2 is 2.23 bits per heavy atom. The highest BCUT2D eigenvalue weighted by atomic mass is 19.1. The Morgan fingerprint density at radius 3 is 3.05 bits per heavy atom. The molecule has 1 saturated heterocycles. The summed E-state index contributed by atoms with van der Waals surface area (Å²) < 4.78 is 19.2. The van der Waals surface area contributed by atoms with Crippen molar-refractivity contribution in [3.05, 3.63) is 48.0 Å². The lowest BCUT2D eigenvalue weighted by molar-refractivity contribution is 0.286. The van der Waals surface area contributed by atoms with E-state index in [1.54, 1.807) is 30.6 Å². The molecule has 6 heteroatoms. The van der Waals surface area contributed by atoms with Gasteiger partial charge in [-0.05, 0) is 13.0 Å². The van der Waals surface area contributed by atoms with Crippen molar-refractivity contribution in [2.75, 3.05) is 24.5 Å². The van der Waals surface area contributed by atoms with Crippen LogP contribution in [-0.2, 0) is 6.61 Å². The molecule has 5 nitrogen and oxygen atoms in total. The second kappa shape index (κ2) is 6.70. The van der Waals surface area contributed by atoms with E-state index in [-0.39, 0.29) is 12.4 Å². The summed E-state index contributed by atoms with van der Waals surface area (Å²) in [6.45, 7) is 5.00. The summed E-state index contributed by atoms with van der Waals surface area (Å²) in [6, 6.07) is 6.91. The number of ether oxygens (including phenoxy) is 1. The molecule has 1 aliphatic rings. The maximum Gasteiger partial charge on any atom is 0.234 e. The zero-order valence-electron chi connectivity index (χ0n) is 12.5. The van der Waals surface area contributed by atoms with Crippen LogP contribution < -0.4 is 15.0 Å². The molecule has 0 aliphatic carbocycles. The van der Waals surface area contributed by atoms with Gasteiger partial charge in [-0.15, -0.1) is 0 Å². The average Bonchev–Trinajstić information content (AvgIpc) is 2.55. The lowest BCUT2D eigenvalue weighted by Gasteiger charge is -2.34. The lowest BCUT2D eigenvalue weighted by atomic mass is 10.2. The summed E-state index contributed by atoms with van der Waals surface area (Å²) in [7, 11) is 0. The van der Waals surface area contributed by atoms with E-state index in [0.717, 1.165) is 25.5 Å². The molecule has 22 heavy (non-hydrogen) atoms. The number of aromatic nitrogens is 2. The van der Waals surface area contributed by atoms with Gasteiger partial charge in [0.2, 0.25) is 5.88 Å². The molecule has 2 heterocycles. The zero-order chi connectivity index (χ0) is 15.4. The van der Waals surface area contributed by atoms with Crippen LogP contribution in [0.1, 0.15) is 12.5 Å². The first kappa shape index (κ1) is 14.7. The number of benzene rings is 1. The fourth-order valence-electron chi connectivity index (χ4n) is 2.49. The molecule has 1 atom stereocenters. The first-order valence-electron chi connectivity index (χ1n) is 7.39. The summed E-state index contributed by atoms with van der Waals surface area (Å²) in [6.07, 6.45) is 3.29. The second-order valence-corrected chi connectivity index (χ2v) is 5.34. The van der Waals surface area contributed by atoms with Gasteiger partial charge in [0.05, 0.1) is 12.4 Å². The van der Waals surface area contributed by atoms with E-state index < -0.39 is 0 Å². The number of piperazine rings is 1. The number of hydrogen-bond acceptors (Lipinski definition) is 5. The zero-order valence-corrected chi connectivity index (χ0v) is 12.5. The monoisotopic (exact) mass is 302 g/mol. The SMILES string of the molecule is C[C@@H]1CNCCN1c1cncc(OCc2ccccc2F)n1. The maximum atomic E-state index is 13.6.